The summed E-state index contributed by atoms with van der Waals surface area (Å²) in [5.74, 6) is -3.05. The zero-order chi connectivity index (χ0) is 41.5. The van der Waals surface area contributed by atoms with Gasteiger partial charge in [-0.2, -0.15) is 0 Å². The van der Waals surface area contributed by atoms with Crippen molar-refractivity contribution in [3.63, 3.8) is 0 Å². The third-order valence-electron chi connectivity index (χ3n) is 9.63. The first kappa shape index (κ1) is 43.3. The van der Waals surface area contributed by atoms with Gasteiger partial charge in [0, 0.05) is 44.2 Å². The van der Waals surface area contributed by atoms with Gasteiger partial charge in [-0.15, -0.1) is 6.58 Å². The fraction of sp³-hybridized carbons (Fsp3) is 0.526. The second kappa shape index (κ2) is 18.2. The SMILES string of the molecule is C=C[C@@H]1C[C@]1(NC(O)[C@@H]1C[C@@H](OC(=O)N2Cc3cccc(F)c3C2)CN1C(=O)OC(C)(C)C)C(=O)NS(=O)(=O)c1ccccc1NCCOCCCOCC(=O)O. The van der Waals surface area contributed by atoms with E-state index in [9.17, 15) is 37.1 Å². The number of amides is 3. The first-order valence-corrected chi connectivity index (χ1v) is 20.0. The van der Waals surface area contributed by atoms with Crippen LogP contribution in [0.3, 0.4) is 0 Å². The average molecular weight is 820 g/mol. The lowest BCUT2D eigenvalue weighted by Crippen LogP contribution is -2.58. The molecular formula is C38H50FN5O12S. The number of para-hydroxylation sites is 1. The minimum Gasteiger partial charge on any atom is -0.480 e. The molecule has 0 aromatic heterocycles. The number of carboxylic acids is 1. The summed E-state index contributed by atoms with van der Waals surface area (Å²) in [6.45, 7) is 9.24. The molecule has 2 fully saturated rings. The van der Waals surface area contributed by atoms with Gasteiger partial charge < -0.3 is 34.5 Å². The summed E-state index contributed by atoms with van der Waals surface area (Å²) in [7, 11) is -4.48. The topological polar surface area (TPSA) is 222 Å². The zero-order valence-corrected chi connectivity index (χ0v) is 32.9. The highest BCUT2D eigenvalue weighted by Crippen LogP contribution is 2.46. The van der Waals surface area contributed by atoms with E-state index >= 15 is 0 Å². The predicted molar refractivity (Wildman–Crippen MR) is 202 cm³/mol. The average Bonchev–Trinajstić information content (AvgIpc) is 3.43. The van der Waals surface area contributed by atoms with Gasteiger partial charge in [0.15, 0.2) is 0 Å². The minimum atomic E-state index is -4.48. The van der Waals surface area contributed by atoms with Gasteiger partial charge in [0.1, 0.15) is 40.8 Å². The Bertz CT molecular complexity index is 1930. The van der Waals surface area contributed by atoms with E-state index in [0.717, 1.165) is 0 Å². The third kappa shape index (κ3) is 11.0. The lowest BCUT2D eigenvalue weighted by atomic mass is 10.1. The molecule has 0 radical (unpaired) electrons. The summed E-state index contributed by atoms with van der Waals surface area (Å²) in [6.07, 6.45) is -2.14. The molecule has 2 aromatic rings. The van der Waals surface area contributed by atoms with Crippen molar-refractivity contribution in [1.82, 2.24) is 19.8 Å². The molecule has 19 heteroatoms. The highest BCUT2D eigenvalue weighted by atomic mass is 32.2. The summed E-state index contributed by atoms with van der Waals surface area (Å²) in [5.41, 5.74) is -1.30. The summed E-state index contributed by atoms with van der Waals surface area (Å²) in [6, 6.07) is 9.46. The molecule has 1 saturated carbocycles. The number of hydrogen-bond donors (Lipinski definition) is 5. The molecule has 5 rings (SSSR count). The largest absolute Gasteiger partial charge is 0.480 e. The van der Waals surface area contributed by atoms with Crippen molar-refractivity contribution in [2.45, 2.75) is 87.5 Å². The van der Waals surface area contributed by atoms with Gasteiger partial charge in [0.05, 0.1) is 31.4 Å². The van der Waals surface area contributed by atoms with Crippen LogP contribution in [0.2, 0.25) is 0 Å². The Balaban J connectivity index is 1.23. The van der Waals surface area contributed by atoms with Crippen LogP contribution in [0, 0.1) is 11.7 Å². The lowest BCUT2D eigenvalue weighted by molar-refractivity contribution is -0.142. The maximum atomic E-state index is 14.4. The normalized spacial score (nSPS) is 22.0. The van der Waals surface area contributed by atoms with Crippen LogP contribution in [-0.4, -0.2) is 122 Å². The van der Waals surface area contributed by atoms with Gasteiger partial charge in [-0.3, -0.25) is 19.9 Å². The van der Waals surface area contributed by atoms with Gasteiger partial charge in [-0.05, 0) is 57.4 Å². The number of carbonyl (C=O) groups excluding carboxylic acids is 3. The molecule has 312 valence electrons. The molecule has 1 aliphatic carbocycles. The maximum Gasteiger partial charge on any atom is 0.410 e. The number of carboxylic acid groups (broad SMARTS) is 1. The summed E-state index contributed by atoms with van der Waals surface area (Å²) in [5, 5.41) is 26.1. The number of halogens is 1. The Hall–Kier alpha value is -4.82. The Labute approximate surface area is 330 Å². The highest BCUT2D eigenvalue weighted by molar-refractivity contribution is 7.90. The van der Waals surface area contributed by atoms with E-state index < -0.39 is 81.9 Å². The number of aliphatic carboxylic acids is 1. The van der Waals surface area contributed by atoms with E-state index in [1.165, 1.54) is 40.1 Å². The van der Waals surface area contributed by atoms with Crippen molar-refractivity contribution in [3.05, 3.63) is 72.1 Å². The van der Waals surface area contributed by atoms with E-state index in [2.05, 4.69) is 21.9 Å². The molecule has 17 nitrogen and oxygen atoms in total. The molecule has 0 spiro atoms. The first-order chi connectivity index (χ1) is 26.9. The van der Waals surface area contributed by atoms with Crippen LogP contribution in [0.25, 0.3) is 0 Å². The number of anilines is 1. The molecule has 57 heavy (non-hydrogen) atoms. The Morgan fingerprint density at radius 3 is 2.47 bits per heavy atom. The van der Waals surface area contributed by atoms with Crippen LogP contribution in [0.15, 0.2) is 60.0 Å². The van der Waals surface area contributed by atoms with Crippen molar-refractivity contribution in [2.75, 3.05) is 44.8 Å². The fourth-order valence-electron chi connectivity index (χ4n) is 6.79. The highest BCUT2D eigenvalue weighted by Gasteiger charge is 2.61. The van der Waals surface area contributed by atoms with E-state index in [1.54, 1.807) is 39.0 Å². The number of sulfonamides is 1. The molecule has 2 heterocycles. The second-order valence-electron chi connectivity index (χ2n) is 15.1. The number of aliphatic hydroxyl groups excluding tert-OH is 1. The number of fused-ring (bicyclic) bond motifs is 1. The standard InChI is InChI=1S/C38H50FN5O12S/c1-5-25-19-38(25,34(48)42-57(51,52)31-13-7-6-12-29(31)40-14-17-53-15-9-16-54-23-32(45)46)41-33(47)30-18-26(21-44(30)36(50)56-37(2,3)4)55-35(49)43-20-24-10-8-11-28(39)27(24)22-43/h5-8,10-13,25-26,30,33,40-41,47H,1,9,14-23H2,2-4H3,(H,42,48)(H,45,46)/t25-,26-,30+,33?,38-/m1/s1. The van der Waals surface area contributed by atoms with Crippen LogP contribution in [0.5, 0.6) is 0 Å². The van der Waals surface area contributed by atoms with Crippen LogP contribution in [-0.2, 0) is 51.6 Å². The molecule has 2 aromatic carbocycles. The van der Waals surface area contributed by atoms with E-state index in [0.29, 0.717) is 24.2 Å². The third-order valence-corrected chi connectivity index (χ3v) is 11.0. The number of nitrogens with one attached hydrogen (secondary N) is 3. The Kier molecular flexibility index (Phi) is 13.8. The van der Waals surface area contributed by atoms with E-state index in [1.807, 2.05) is 0 Å². The smallest absolute Gasteiger partial charge is 0.410 e. The number of likely N-dealkylation sites (tertiary alicyclic amines) is 1. The van der Waals surface area contributed by atoms with Crippen molar-refractivity contribution in [3.8, 4) is 0 Å². The van der Waals surface area contributed by atoms with Gasteiger partial charge in [-0.1, -0.05) is 30.3 Å². The number of rotatable bonds is 18. The number of nitrogens with zero attached hydrogens (tertiary/aromatic N) is 2. The Morgan fingerprint density at radius 2 is 1.79 bits per heavy atom. The summed E-state index contributed by atoms with van der Waals surface area (Å²) < 4.78 is 65.6. The van der Waals surface area contributed by atoms with Crippen LogP contribution >= 0.6 is 0 Å². The van der Waals surface area contributed by atoms with E-state index in [-0.39, 0.29) is 62.8 Å². The molecule has 0 bridgehead atoms. The monoisotopic (exact) mass is 819 g/mol. The Morgan fingerprint density at radius 1 is 1.05 bits per heavy atom. The maximum absolute atomic E-state index is 14.4. The molecular weight excluding hydrogens is 770 g/mol. The van der Waals surface area contributed by atoms with Gasteiger partial charge in [-0.25, -0.2) is 31.9 Å². The molecule has 2 aliphatic heterocycles. The van der Waals surface area contributed by atoms with Crippen LogP contribution in [0.4, 0.5) is 19.7 Å². The summed E-state index contributed by atoms with van der Waals surface area (Å²) >= 11 is 0. The molecule has 5 N–H and O–H groups in total. The summed E-state index contributed by atoms with van der Waals surface area (Å²) in [4.78, 5) is 53.3. The van der Waals surface area contributed by atoms with Gasteiger partial charge >= 0.3 is 18.2 Å². The van der Waals surface area contributed by atoms with Crippen molar-refractivity contribution in [1.29, 1.82) is 0 Å². The zero-order valence-electron chi connectivity index (χ0n) is 32.1. The van der Waals surface area contributed by atoms with Crippen molar-refractivity contribution in [2.24, 2.45) is 5.92 Å². The quantitative estimate of drug-likeness (QED) is 0.0830. The number of carbonyl (C=O) groups is 4. The van der Waals surface area contributed by atoms with E-state index in [4.69, 9.17) is 24.1 Å². The van der Waals surface area contributed by atoms with Gasteiger partial charge in [0.2, 0.25) is 0 Å². The van der Waals surface area contributed by atoms with Crippen LogP contribution < -0.4 is 15.4 Å². The number of benzene rings is 2. The number of aliphatic hydroxyl groups is 1. The number of ether oxygens (including phenoxy) is 4. The molecule has 3 aliphatic rings. The van der Waals surface area contributed by atoms with Crippen LogP contribution in [0.1, 0.15) is 51.2 Å². The number of hydrogen-bond acceptors (Lipinski definition) is 13. The van der Waals surface area contributed by atoms with Crippen molar-refractivity contribution >= 4 is 39.8 Å². The first-order valence-electron chi connectivity index (χ1n) is 18.5. The molecule has 5 atom stereocenters. The molecule has 1 saturated heterocycles. The fourth-order valence-corrected chi connectivity index (χ4v) is 8.01. The molecule has 3 amide bonds. The second-order valence-corrected chi connectivity index (χ2v) is 16.7. The molecule has 1 unspecified atom stereocenters. The lowest BCUT2D eigenvalue weighted by Gasteiger charge is -2.32. The predicted octanol–water partition coefficient (Wildman–Crippen LogP) is 2.93. The van der Waals surface area contributed by atoms with Crippen molar-refractivity contribution < 1.29 is 61.1 Å². The minimum absolute atomic E-state index is 0.00436. The van der Waals surface area contributed by atoms with Gasteiger partial charge in [0.25, 0.3) is 15.9 Å².